The molecule has 1 aliphatic rings. The molecule has 0 fully saturated rings. The van der Waals surface area contributed by atoms with Crippen LogP contribution in [0.5, 0.6) is 0 Å². The number of aromatic nitrogens is 3. The highest BCUT2D eigenvalue weighted by atomic mass is 32.2. The summed E-state index contributed by atoms with van der Waals surface area (Å²) in [4.78, 5) is 5.80. The fourth-order valence-corrected chi connectivity index (χ4v) is 4.17. The Hall–Kier alpha value is -1.33. The van der Waals surface area contributed by atoms with E-state index < -0.39 is 0 Å². The lowest BCUT2D eigenvalue weighted by molar-refractivity contribution is 0.447. The van der Waals surface area contributed by atoms with Gasteiger partial charge in [-0.2, -0.15) is 5.10 Å². The number of nitrogens with one attached hydrogen (secondary N) is 1. The maximum Gasteiger partial charge on any atom is 0.138 e. The molecule has 0 saturated heterocycles. The number of likely N-dealkylation sites (N-methyl/N-ethyl adjacent to an activating group) is 1. The van der Waals surface area contributed by atoms with E-state index >= 15 is 0 Å². The molecule has 20 heavy (non-hydrogen) atoms. The Morgan fingerprint density at radius 2 is 2.30 bits per heavy atom. The van der Waals surface area contributed by atoms with Crippen molar-refractivity contribution in [3.8, 4) is 0 Å². The van der Waals surface area contributed by atoms with E-state index in [9.17, 15) is 0 Å². The summed E-state index contributed by atoms with van der Waals surface area (Å²) in [6, 6.07) is 9.17. The molecule has 0 amide bonds. The molecule has 2 unspecified atom stereocenters. The summed E-state index contributed by atoms with van der Waals surface area (Å²) < 4.78 is 1.87. The minimum absolute atomic E-state index is 0.416. The predicted octanol–water partition coefficient (Wildman–Crippen LogP) is 2.23. The average molecular weight is 288 g/mol. The quantitative estimate of drug-likeness (QED) is 0.916. The SMILES string of the molecule is CCNC(Cc1ncnn1C)C1CSc2ccccc21. The summed E-state index contributed by atoms with van der Waals surface area (Å²) in [5, 5.41) is 7.81. The Bertz CT molecular complexity index is 581. The van der Waals surface area contributed by atoms with Crippen molar-refractivity contribution in [1.29, 1.82) is 0 Å². The summed E-state index contributed by atoms with van der Waals surface area (Å²) in [7, 11) is 1.96. The molecule has 1 aromatic heterocycles. The van der Waals surface area contributed by atoms with Crippen LogP contribution in [-0.2, 0) is 13.5 Å². The number of nitrogens with zero attached hydrogens (tertiary/aromatic N) is 3. The van der Waals surface area contributed by atoms with Gasteiger partial charge in [-0.1, -0.05) is 25.1 Å². The summed E-state index contributed by atoms with van der Waals surface area (Å²) in [6.07, 6.45) is 2.56. The number of rotatable bonds is 5. The highest BCUT2D eigenvalue weighted by Crippen LogP contribution is 2.41. The van der Waals surface area contributed by atoms with Crippen LogP contribution in [0.2, 0.25) is 0 Å². The Labute approximate surface area is 124 Å². The lowest BCUT2D eigenvalue weighted by Crippen LogP contribution is -2.37. The fourth-order valence-electron chi connectivity index (χ4n) is 2.84. The fraction of sp³-hybridized carbons (Fsp3) is 0.467. The van der Waals surface area contributed by atoms with Gasteiger partial charge in [-0.3, -0.25) is 4.68 Å². The van der Waals surface area contributed by atoms with Crippen molar-refractivity contribution in [3.05, 3.63) is 42.0 Å². The number of benzene rings is 1. The first-order valence-corrected chi connectivity index (χ1v) is 8.06. The van der Waals surface area contributed by atoms with Gasteiger partial charge in [0.25, 0.3) is 0 Å². The lowest BCUT2D eigenvalue weighted by Gasteiger charge is -2.24. The first kappa shape index (κ1) is 13.6. The first-order valence-electron chi connectivity index (χ1n) is 7.07. The third-order valence-electron chi connectivity index (χ3n) is 3.90. The normalized spacial score (nSPS) is 19.0. The van der Waals surface area contributed by atoms with Gasteiger partial charge in [-0.15, -0.1) is 11.8 Å². The number of fused-ring (bicyclic) bond motifs is 1. The van der Waals surface area contributed by atoms with E-state index in [4.69, 9.17) is 0 Å². The first-order chi connectivity index (χ1) is 9.79. The lowest BCUT2D eigenvalue weighted by atomic mass is 9.91. The molecule has 4 nitrogen and oxygen atoms in total. The topological polar surface area (TPSA) is 42.7 Å². The van der Waals surface area contributed by atoms with E-state index in [0.717, 1.165) is 24.5 Å². The van der Waals surface area contributed by atoms with Crippen molar-refractivity contribution in [1.82, 2.24) is 20.1 Å². The van der Waals surface area contributed by atoms with Crippen molar-refractivity contribution < 1.29 is 0 Å². The average Bonchev–Trinajstić information content (AvgIpc) is 3.05. The summed E-state index contributed by atoms with van der Waals surface area (Å²) in [5.74, 6) is 2.74. The standard InChI is InChI=1S/C15H20N4S/c1-3-16-13(8-15-17-10-18-19(15)2)12-9-20-14-7-5-4-6-11(12)14/h4-7,10,12-13,16H,3,8-9H2,1-2H3. The van der Waals surface area contributed by atoms with Crippen molar-refractivity contribution in [2.24, 2.45) is 7.05 Å². The van der Waals surface area contributed by atoms with Crippen LogP contribution in [0.3, 0.4) is 0 Å². The zero-order chi connectivity index (χ0) is 13.9. The van der Waals surface area contributed by atoms with Crippen LogP contribution in [-0.4, -0.2) is 33.1 Å². The molecule has 2 heterocycles. The largest absolute Gasteiger partial charge is 0.313 e. The van der Waals surface area contributed by atoms with Crippen LogP contribution in [0, 0.1) is 0 Å². The minimum atomic E-state index is 0.416. The van der Waals surface area contributed by atoms with Crippen molar-refractivity contribution in [3.63, 3.8) is 0 Å². The molecular formula is C15H20N4S. The van der Waals surface area contributed by atoms with Crippen LogP contribution in [0.1, 0.15) is 24.2 Å². The van der Waals surface area contributed by atoms with Gasteiger partial charge in [0, 0.05) is 36.1 Å². The highest BCUT2D eigenvalue weighted by Gasteiger charge is 2.30. The number of thioether (sulfide) groups is 1. The van der Waals surface area contributed by atoms with E-state index in [1.807, 2.05) is 23.5 Å². The van der Waals surface area contributed by atoms with Gasteiger partial charge in [0.15, 0.2) is 0 Å². The second kappa shape index (κ2) is 5.97. The van der Waals surface area contributed by atoms with E-state index in [2.05, 4.69) is 46.6 Å². The molecule has 1 aromatic carbocycles. The molecule has 1 N–H and O–H groups in total. The Morgan fingerprint density at radius 3 is 3.05 bits per heavy atom. The highest BCUT2D eigenvalue weighted by molar-refractivity contribution is 7.99. The molecule has 3 rings (SSSR count). The van der Waals surface area contributed by atoms with Gasteiger partial charge in [0.2, 0.25) is 0 Å². The Morgan fingerprint density at radius 1 is 1.45 bits per heavy atom. The second-order valence-corrected chi connectivity index (χ2v) is 6.19. The number of hydrogen-bond acceptors (Lipinski definition) is 4. The smallest absolute Gasteiger partial charge is 0.138 e. The van der Waals surface area contributed by atoms with Crippen LogP contribution < -0.4 is 5.32 Å². The van der Waals surface area contributed by atoms with Gasteiger partial charge in [0.05, 0.1) is 0 Å². The van der Waals surface area contributed by atoms with E-state index in [1.165, 1.54) is 10.5 Å². The van der Waals surface area contributed by atoms with E-state index in [1.54, 1.807) is 6.33 Å². The number of aryl methyl sites for hydroxylation is 1. The molecular weight excluding hydrogens is 268 g/mol. The summed E-state index contributed by atoms with van der Waals surface area (Å²) >= 11 is 1.96. The molecule has 0 spiro atoms. The van der Waals surface area contributed by atoms with Crippen molar-refractivity contribution >= 4 is 11.8 Å². The zero-order valence-corrected chi connectivity index (χ0v) is 12.7. The minimum Gasteiger partial charge on any atom is -0.313 e. The van der Waals surface area contributed by atoms with Crippen LogP contribution in [0.15, 0.2) is 35.5 Å². The molecule has 2 atom stereocenters. The van der Waals surface area contributed by atoms with E-state index in [0.29, 0.717) is 12.0 Å². The molecule has 2 aromatic rings. The molecule has 0 aliphatic carbocycles. The third-order valence-corrected chi connectivity index (χ3v) is 5.11. The second-order valence-electron chi connectivity index (χ2n) is 5.12. The van der Waals surface area contributed by atoms with Crippen molar-refractivity contribution in [2.75, 3.05) is 12.3 Å². The number of hydrogen-bond donors (Lipinski definition) is 1. The maximum absolute atomic E-state index is 4.37. The van der Waals surface area contributed by atoms with Gasteiger partial charge in [0.1, 0.15) is 12.2 Å². The van der Waals surface area contributed by atoms with Crippen LogP contribution in [0.4, 0.5) is 0 Å². The predicted molar refractivity (Wildman–Crippen MR) is 82.1 cm³/mol. The van der Waals surface area contributed by atoms with Gasteiger partial charge in [-0.05, 0) is 18.2 Å². The molecule has 0 saturated carbocycles. The van der Waals surface area contributed by atoms with Crippen molar-refractivity contribution in [2.45, 2.75) is 30.2 Å². The molecule has 5 heteroatoms. The maximum atomic E-state index is 4.37. The van der Waals surface area contributed by atoms with Gasteiger partial charge < -0.3 is 5.32 Å². The zero-order valence-electron chi connectivity index (χ0n) is 11.9. The molecule has 0 bridgehead atoms. The van der Waals surface area contributed by atoms with Gasteiger partial charge in [-0.25, -0.2) is 4.98 Å². The summed E-state index contributed by atoms with van der Waals surface area (Å²) in [5.41, 5.74) is 1.48. The van der Waals surface area contributed by atoms with Crippen LogP contribution >= 0.6 is 11.8 Å². The Kier molecular flexibility index (Phi) is 4.08. The van der Waals surface area contributed by atoms with Crippen LogP contribution in [0.25, 0.3) is 0 Å². The van der Waals surface area contributed by atoms with E-state index in [-0.39, 0.29) is 0 Å². The monoisotopic (exact) mass is 288 g/mol. The molecule has 1 aliphatic heterocycles. The Balaban J connectivity index is 1.83. The third kappa shape index (κ3) is 2.60. The molecule has 0 radical (unpaired) electrons. The summed E-state index contributed by atoms with van der Waals surface area (Å²) in [6.45, 7) is 3.14. The van der Waals surface area contributed by atoms with Gasteiger partial charge >= 0.3 is 0 Å². The molecule has 106 valence electrons.